The molecule has 0 saturated carbocycles. The summed E-state index contributed by atoms with van der Waals surface area (Å²) in [6.07, 6.45) is 17.2. The molecule has 136 valence electrons. The van der Waals surface area contributed by atoms with Gasteiger partial charge in [0.05, 0.1) is 0 Å². The van der Waals surface area contributed by atoms with Crippen molar-refractivity contribution < 1.29 is 26.8 Å². The standard InChI is InChI=1S/2C6H5BrO.2C5H5.Zr/c2*7-5-1-3-6(8)4-2-5;2*1-2-4-5-3-1;/h2*1-4,8H;2*1-5H;/q;;;;+2/p-2. The van der Waals surface area contributed by atoms with Gasteiger partial charge in [0.25, 0.3) is 0 Å². The Morgan fingerprint density at radius 2 is 0.889 bits per heavy atom. The summed E-state index contributed by atoms with van der Waals surface area (Å²) >= 11 is 3.20. The summed E-state index contributed by atoms with van der Waals surface area (Å²) in [5.74, 6) is 1.71. The van der Waals surface area contributed by atoms with E-state index >= 15 is 0 Å². The van der Waals surface area contributed by atoms with Crippen molar-refractivity contribution in [3.8, 4) is 11.5 Å². The fourth-order valence-corrected chi connectivity index (χ4v) is 12.6. The van der Waals surface area contributed by atoms with Crippen LogP contribution in [0.2, 0.25) is 7.25 Å². The third-order valence-electron chi connectivity index (χ3n) is 4.61. The summed E-state index contributed by atoms with van der Waals surface area (Å²) in [5, 5.41) is 0. The Hall–Kier alpha value is -1.16. The fourth-order valence-electron chi connectivity index (χ4n) is 3.29. The molecule has 0 saturated heterocycles. The molecule has 0 bridgehead atoms. The van der Waals surface area contributed by atoms with Crippen LogP contribution in [0.5, 0.6) is 11.5 Å². The van der Waals surface area contributed by atoms with Gasteiger partial charge in [-0.3, -0.25) is 0 Å². The summed E-state index contributed by atoms with van der Waals surface area (Å²) in [6, 6.07) is 16.0. The van der Waals surface area contributed by atoms with Crippen molar-refractivity contribution in [1.29, 1.82) is 0 Å². The van der Waals surface area contributed by atoms with Gasteiger partial charge in [-0.2, -0.15) is 0 Å². The van der Waals surface area contributed by atoms with Crippen molar-refractivity contribution in [1.82, 2.24) is 0 Å². The van der Waals surface area contributed by atoms with Crippen molar-refractivity contribution >= 4 is 31.9 Å². The average molecular weight is 565 g/mol. The molecule has 0 spiro atoms. The van der Waals surface area contributed by atoms with Gasteiger partial charge < -0.3 is 0 Å². The maximum atomic E-state index is 6.81. The van der Waals surface area contributed by atoms with Crippen LogP contribution in [0.25, 0.3) is 0 Å². The molecule has 0 amide bonds. The van der Waals surface area contributed by atoms with E-state index in [9.17, 15) is 0 Å². The Kier molecular flexibility index (Phi) is 6.01. The number of hydrogen-bond donors (Lipinski definition) is 0. The van der Waals surface area contributed by atoms with Crippen LogP contribution in [0.4, 0.5) is 0 Å². The van der Waals surface area contributed by atoms with Gasteiger partial charge in [0.1, 0.15) is 0 Å². The van der Waals surface area contributed by atoms with Gasteiger partial charge in [0.15, 0.2) is 0 Å². The molecule has 5 heteroatoms. The first-order valence-corrected chi connectivity index (χ1v) is 15.2. The summed E-state index contributed by atoms with van der Waals surface area (Å²) < 4.78 is 16.1. The van der Waals surface area contributed by atoms with Crippen LogP contribution in [0.15, 0.2) is 106 Å². The van der Waals surface area contributed by atoms with E-state index < -0.39 is 21.1 Å². The van der Waals surface area contributed by atoms with E-state index in [1.807, 2.05) is 48.5 Å². The van der Waals surface area contributed by atoms with Gasteiger partial charge in [-0.05, 0) is 0 Å². The quantitative estimate of drug-likeness (QED) is 0.362. The Bertz CT molecular complexity index is 813. The molecule has 0 fully saturated rings. The molecule has 0 radical (unpaired) electrons. The molecule has 2 aromatic rings. The normalized spacial score (nSPS) is 16.4. The first-order chi connectivity index (χ1) is 13.2. The van der Waals surface area contributed by atoms with Crippen LogP contribution in [0.3, 0.4) is 0 Å². The monoisotopic (exact) mass is 562 g/mol. The van der Waals surface area contributed by atoms with Crippen LogP contribution >= 0.6 is 31.9 Å². The minimum atomic E-state index is -3.80. The van der Waals surface area contributed by atoms with E-state index in [1.54, 1.807) is 0 Å². The summed E-state index contributed by atoms with van der Waals surface area (Å²) in [5.41, 5.74) is 0. The van der Waals surface area contributed by atoms with Crippen LogP contribution in [-0.4, -0.2) is 0 Å². The zero-order valence-electron chi connectivity index (χ0n) is 14.5. The van der Waals surface area contributed by atoms with E-state index in [0.29, 0.717) is 0 Å². The molecule has 4 rings (SSSR count). The topological polar surface area (TPSA) is 18.5 Å². The molecule has 27 heavy (non-hydrogen) atoms. The first-order valence-electron chi connectivity index (χ1n) is 8.75. The molecule has 2 nitrogen and oxygen atoms in total. The van der Waals surface area contributed by atoms with E-state index in [2.05, 4.69) is 80.5 Å². The molecule has 2 aromatic carbocycles. The molecule has 2 aliphatic rings. The van der Waals surface area contributed by atoms with Crippen LogP contribution in [0.1, 0.15) is 0 Å². The van der Waals surface area contributed by atoms with Crippen molar-refractivity contribution in [2.24, 2.45) is 0 Å². The Morgan fingerprint density at radius 1 is 0.556 bits per heavy atom. The number of rotatable bonds is 6. The zero-order valence-corrected chi connectivity index (χ0v) is 20.1. The first kappa shape index (κ1) is 19.2. The molecule has 0 aromatic heterocycles. The van der Waals surface area contributed by atoms with Gasteiger partial charge in [0.2, 0.25) is 0 Å². The maximum absolute atomic E-state index is 6.81. The SMILES string of the molecule is Brc1ccc([O][Zr]([O]c2ccc(Br)cc2)([CH]2C=CC=C2)[CH]2C=CC=C2)cc1. The Balaban J connectivity index is 1.77. The molecule has 0 N–H and O–H groups in total. The average Bonchev–Trinajstić information content (AvgIpc) is 3.39. The van der Waals surface area contributed by atoms with Gasteiger partial charge >= 0.3 is 183 Å². The molecule has 0 heterocycles. The van der Waals surface area contributed by atoms with Gasteiger partial charge in [-0.25, -0.2) is 0 Å². The number of allylic oxidation sites excluding steroid dienone is 8. The predicted molar refractivity (Wildman–Crippen MR) is 114 cm³/mol. The van der Waals surface area contributed by atoms with Crippen molar-refractivity contribution in [3.63, 3.8) is 0 Å². The van der Waals surface area contributed by atoms with E-state index in [1.165, 1.54) is 0 Å². The summed E-state index contributed by atoms with van der Waals surface area (Å²) in [6.45, 7) is 0. The minimum absolute atomic E-state index is 0.184. The zero-order chi connectivity index (χ0) is 18.7. The number of benzene rings is 2. The number of halogens is 2. The van der Waals surface area contributed by atoms with Crippen LogP contribution in [-0.2, 0) is 21.1 Å². The second-order valence-corrected chi connectivity index (χ2v) is 16.1. The van der Waals surface area contributed by atoms with Gasteiger partial charge in [0, 0.05) is 0 Å². The predicted octanol–water partition coefficient (Wildman–Crippen LogP) is 7.48. The Labute approximate surface area is 182 Å². The molecular weight excluding hydrogens is 547 g/mol. The van der Waals surface area contributed by atoms with Crippen LogP contribution < -0.4 is 5.63 Å². The molecule has 2 aliphatic carbocycles. The van der Waals surface area contributed by atoms with Crippen molar-refractivity contribution in [2.75, 3.05) is 0 Å². The molecule has 0 atom stereocenters. The van der Waals surface area contributed by atoms with E-state index in [4.69, 9.17) is 5.63 Å². The molecular formula is C22H18Br2O2Zr. The van der Waals surface area contributed by atoms with Gasteiger partial charge in [-0.1, -0.05) is 0 Å². The molecule has 0 aliphatic heterocycles. The van der Waals surface area contributed by atoms with Gasteiger partial charge in [-0.15, -0.1) is 0 Å². The second kappa shape index (κ2) is 8.47. The Morgan fingerprint density at radius 3 is 1.22 bits per heavy atom. The van der Waals surface area contributed by atoms with E-state index in [-0.39, 0.29) is 7.25 Å². The third kappa shape index (κ3) is 4.31. The number of hydrogen-bond acceptors (Lipinski definition) is 2. The summed E-state index contributed by atoms with van der Waals surface area (Å²) in [4.78, 5) is 0. The summed E-state index contributed by atoms with van der Waals surface area (Å²) in [7, 11) is 0. The fraction of sp³-hybridized carbons (Fsp3) is 0.0909. The van der Waals surface area contributed by atoms with Crippen molar-refractivity contribution in [2.45, 2.75) is 7.25 Å². The third-order valence-corrected chi connectivity index (χ3v) is 14.9. The van der Waals surface area contributed by atoms with Crippen LogP contribution in [0, 0.1) is 0 Å². The van der Waals surface area contributed by atoms with E-state index in [0.717, 1.165) is 20.4 Å². The van der Waals surface area contributed by atoms with Crippen molar-refractivity contribution in [3.05, 3.63) is 106 Å². The second-order valence-electron chi connectivity index (χ2n) is 6.42. The molecule has 0 unspecified atom stereocenters.